The van der Waals surface area contributed by atoms with Crippen LogP contribution in [0.1, 0.15) is 49.7 Å². The molecule has 0 radical (unpaired) electrons. The first-order valence-corrected chi connectivity index (χ1v) is 23.8. The van der Waals surface area contributed by atoms with Gasteiger partial charge in [-0.15, -0.1) is 0 Å². The Labute approximate surface area is 386 Å². The summed E-state index contributed by atoms with van der Waals surface area (Å²) in [7, 11) is 0. The third kappa shape index (κ3) is 5.65. The molecule has 67 heavy (non-hydrogen) atoms. The van der Waals surface area contributed by atoms with Crippen molar-refractivity contribution >= 4 is 65.7 Å². The molecule has 4 fully saturated rings. The highest BCUT2D eigenvalue weighted by Crippen LogP contribution is 2.66. The summed E-state index contributed by atoms with van der Waals surface area (Å²) in [5.41, 5.74) is 13.3. The van der Waals surface area contributed by atoms with Crippen LogP contribution in [0.4, 0.5) is 0 Å². The molecule has 0 spiro atoms. The predicted octanol–water partition coefficient (Wildman–Crippen LogP) is 15.6. The fourth-order valence-electron chi connectivity index (χ4n) is 13.6. The maximum Gasteiger partial charge on any atom is 0.164 e. The molecule has 4 bridgehead atoms. The number of furan rings is 2. The van der Waals surface area contributed by atoms with Crippen LogP contribution in [-0.4, -0.2) is 19.5 Å². The summed E-state index contributed by atoms with van der Waals surface area (Å²) in [4.78, 5) is 15.0. The van der Waals surface area contributed by atoms with Crippen molar-refractivity contribution in [3.05, 3.63) is 193 Å². The first-order chi connectivity index (χ1) is 33.0. The van der Waals surface area contributed by atoms with Crippen molar-refractivity contribution in [2.24, 2.45) is 11.8 Å². The fourth-order valence-corrected chi connectivity index (χ4v) is 13.6. The zero-order valence-corrected chi connectivity index (χ0v) is 36.8. The van der Waals surface area contributed by atoms with Crippen LogP contribution < -0.4 is 0 Å². The van der Waals surface area contributed by atoms with Crippen LogP contribution in [0.15, 0.2) is 191 Å². The van der Waals surface area contributed by atoms with Gasteiger partial charge in [0.2, 0.25) is 0 Å². The number of nitrogens with zero attached hydrogens (tertiary/aromatic N) is 4. The number of hydrogen-bond acceptors (Lipinski definition) is 5. The third-order valence-corrected chi connectivity index (χ3v) is 16.0. The van der Waals surface area contributed by atoms with Gasteiger partial charge in [0.05, 0.1) is 11.0 Å². The van der Waals surface area contributed by atoms with Gasteiger partial charge in [0.1, 0.15) is 22.3 Å². The minimum absolute atomic E-state index is 0.103. The molecule has 8 aromatic carbocycles. The van der Waals surface area contributed by atoms with Crippen LogP contribution >= 0.6 is 0 Å². The highest BCUT2D eigenvalue weighted by atomic mass is 16.3. The van der Waals surface area contributed by atoms with Crippen molar-refractivity contribution in [2.75, 3.05) is 0 Å². The van der Waals surface area contributed by atoms with Gasteiger partial charge in [-0.05, 0) is 139 Å². The topological polar surface area (TPSA) is 69.9 Å². The van der Waals surface area contributed by atoms with E-state index in [0.717, 1.165) is 61.9 Å². The van der Waals surface area contributed by atoms with Crippen LogP contribution in [0.25, 0.3) is 106 Å². The van der Waals surface area contributed by atoms with Crippen molar-refractivity contribution in [3.8, 4) is 39.9 Å². The third-order valence-electron chi connectivity index (χ3n) is 16.0. The van der Waals surface area contributed by atoms with E-state index in [-0.39, 0.29) is 10.8 Å². The molecule has 2 atom stereocenters. The normalized spacial score (nSPS) is 21.2. The Bertz CT molecular complexity index is 3850. The first-order valence-electron chi connectivity index (χ1n) is 23.8. The van der Waals surface area contributed by atoms with Crippen molar-refractivity contribution in [1.82, 2.24) is 19.5 Å². The Kier molecular flexibility index (Phi) is 7.73. The van der Waals surface area contributed by atoms with Gasteiger partial charge in [0, 0.05) is 54.7 Å². The highest BCUT2D eigenvalue weighted by Gasteiger charge is 2.58. The molecular formula is C61H44N4O2. The lowest BCUT2D eigenvalue weighted by Crippen LogP contribution is -2.55. The Balaban J connectivity index is 0.800. The van der Waals surface area contributed by atoms with Crippen molar-refractivity contribution in [3.63, 3.8) is 0 Å². The van der Waals surface area contributed by atoms with Gasteiger partial charge in [-0.25, -0.2) is 15.0 Å². The molecule has 0 aliphatic heterocycles. The maximum atomic E-state index is 6.74. The summed E-state index contributed by atoms with van der Waals surface area (Å²) in [5, 5.41) is 7.14. The fraction of sp³-hybridized carbons (Fsp3) is 0.164. The zero-order valence-electron chi connectivity index (χ0n) is 36.8. The Morgan fingerprint density at radius 2 is 0.881 bits per heavy atom. The standard InChI is InChI=1S/C61H44N4O2/c1-3-11-39(12-4-1)57-62-58(40-13-5-2-6-14-40)64-59(63-57)41-19-24-53-48(28-41)47-23-20-43(30-56(47)67-53)61-34-37-27-38(35-61)33-60(32-37,36-61)42-21-25-54-49(29-42)50-31-44(22-26-55(50)66-54)65-51-17-9-7-15-45(51)46-16-8-10-18-52(46)65/h1-26,28-31,37-38H,27,32-36H2. The molecule has 4 aromatic heterocycles. The molecule has 0 N–H and O–H groups in total. The smallest absolute Gasteiger partial charge is 0.164 e. The van der Waals surface area contributed by atoms with E-state index >= 15 is 0 Å². The molecule has 4 heterocycles. The van der Waals surface area contributed by atoms with E-state index < -0.39 is 0 Å². The van der Waals surface area contributed by atoms with Gasteiger partial charge in [-0.3, -0.25) is 0 Å². The minimum Gasteiger partial charge on any atom is -0.456 e. The van der Waals surface area contributed by atoms with E-state index in [1.807, 2.05) is 60.7 Å². The minimum atomic E-state index is 0.103. The number of hydrogen-bond donors (Lipinski definition) is 0. The second kappa shape index (κ2) is 13.8. The molecule has 2 unspecified atom stereocenters. The van der Waals surface area contributed by atoms with Crippen molar-refractivity contribution in [2.45, 2.75) is 49.4 Å². The molecule has 16 rings (SSSR count). The van der Waals surface area contributed by atoms with E-state index in [4.69, 9.17) is 23.8 Å². The molecule has 0 amide bonds. The van der Waals surface area contributed by atoms with Gasteiger partial charge in [0.25, 0.3) is 0 Å². The van der Waals surface area contributed by atoms with E-state index in [0.29, 0.717) is 29.3 Å². The van der Waals surface area contributed by atoms with Crippen LogP contribution in [0.5, 0.6) is 0 Å². The lowest BCUT2D eigenvalue weighted by atomic mass is 9.41. The van der Waals surface area contributed by atoms with Gasteiger partial charge in [0.15, 0.2) is 17.5 Å². The molecule has 0 saturated heterocycles. The van der Waals surface area contributed by atoms with E-state index in [1.54, 1.807) is 0 Å². The van der Waals surface area contributed by atoms with E-state index in [1.165, 1.54) is 75.8 Å². The number of fused-ring (bicyclic) bond motifs is 9. The second-order valence-corrected chi connectivity index (χ2v) is 19.9. The van der Waals surface area contributed by atoms with Crippen LogP contribution in [0.3, 0.4) is 0 Å². The highest BCUT2D eigenvalue weighted by molar-refractivity contribution is 6.11. The predicted molar refractivity (Wildman–Crippen MR) is 270 cm³/mol. The summed E-state index contributed by atoms with van der Waals surface area (Å²) in [6.07, 6.45) is 7.49. The van der Waals surface area contributed by atoms with Gasteiger partial charge in [-0.2, -0.15) is 0 Å². The molecule has 4 aliphatic carbocycles. The van der Waals surface area contributed by atoms with Gasteiger partial charge in [-0.1, -0.05) is 115 Å². The molecule has 12 aromatic rings. The van der Waals surface area contributed by atoms with Crippen LogP contribution in [-0.2, 0) is 10.8 Å². The van der Waals surface area contributed by atoms with Crippen LogP contribution in [0.2, 0.25) is 0 Å². The largest absolute Gasteiger partial charge is 0.456 e. The summed E-state index contributed by atoms with van der Waals surface area (Å²) in [5.74, 6) is 3.36. The quantitative estimate of drug-likeness (QED) is 0.167. The van der Waals surface area contributed by atoms with Crippen LogP contribution in [0, 0.1) is 11.8 Å². The van der Waals surface area contributed by atoms with E-state index in [9.17, 15) is 0 Å². The summed E-state index contributed by atoms with van der Waals surface area (Å²) in [6, 6.07) is 65.2. The van der Waals surface area contributed by atoms with Crippen molar-refractivity contribution in [1.29, 1.82) is 0 Å². The Morgan fingerprint density at radius 3 is 1.52 bits per heavy atom. The summed E-state index contributed by atoms with van der Waals surface area (Å²) >= 11 is 0. The van der Waals surface area contributed by atoms with E-state index in [2.05, 4.69) is 126 Å². The molecule has 4 saturated carbocycles. The molecule has 4 aliphatic rings. The number of rotatable bonds is 6. The summed E-state index contributed by atoms with van der Waals surface area (Å²) in [6.45, 7) is 0. The SMILES string of the molecule is c1ccc(-c2nc(-c3ccccc3)nc(-c3ccc4oc5cc(C67CC8CC(C6)CC(c6ccc9oc%10ccc(-n%11c%12ccccc%12c%12ccccc%12%11)cc%10c9c6)(C8)C7)ccc5c4c3)n2)cc1. The number of benzene rings is 8. The molecular weight excluding hydrogens is 821 g/mol. The lowest BCUT2D eigenvalue weighted by molar-refractivity contribution is -0.0280. The Morgan fingerprint density at radius 1 is 0.388 bits per heavy atom. The average molecular weight is 865 g/mol. The molecule has 320 valence electrons. The van der Waals surface area contributed by atoms with Gasteiger partial charge >= 0.3 is 0 Å². The summed E-state index contributed by atoms with van der Waals surface area (Å²) < 4.78 is 15.7. The second-order valence-electron chi connectivity index (χ2n) is 19.9. The first kappa shape index (κ1) is 37.4. The number of aromatic nitrogens is 4. The lowest BCUT2D eigenvalue weighted by Gasteiger charge is -2.62. The Hall–Kier alpha value is -7.83. The van der Waals surface area contributed by atoms with Crippen molar-refractivity contribution < 1.29 is 8.83 Å². The average Bonchev–Trinajstić information content (AvgIpc) is 4.05. The van der Waals surface area contributed by atoms with Gasteiger partial charge < -0.3 is 13.4 Å². The monoisotopic (exact) mass is 864 g/mol. The molecule has 6 heteroatoms. The maximum absolute atomic E-state index is 6.74. The molecule has 6 nitrogen and oxygen atoms in total. The zero-order chi connectivity index (χ0) is 43.8. The number of para-hydroxylation sites is 2.